The molecule has 22 heavy (non-hydrogen) atoms. The van der Waals surface area contributed by atoms with Crippen LogP contribution < -0.4 is 19.9 Å². The molecule has 1 rings (SSSR count). The maximum atomic E-state index is 13.3. The van der Waals surface area contributed by atoms with Gasteiger partial charge in [-0.25, -0.2) is 0 Å². The molecule has 2 N–H and O–H groups in total. The molecule has 0 amide bonds. The Kier molecular flexibility index (Phi) is 6.70. The molecule has 1 aromatic rings. The smallest absolute Gasteiger partial charge is 0.455 e. The summed E-state index contributed by atoms with van der Waals surface area (Å²) >= 11 is 0. The minimum Gasteiger partial charge on any atom is -0.493 e. The van der Waals surface area contributed by atoms with Crippen LogP contribution in [-0.2, 0) is 0 Å². The molecular weight excluding hydrogens is 337 g/mol. The van der Waals surface area contributed by atoms with E-state index in [1.165, 1.54) is 21.3 Å². The molecule has 0 aliphatic rings. The first-order chi connectivity index (χ1) is 9.60. The van der Waals surface area contributed by atoms with Gasteiger partial charge in [-0.05, 0) is 17.7 Å². The monoisotopic (exact) mass is 351 g/mol. The van der Waals surface area contributed by atoms with Crippen molar-refractivity contribution in [2.45, 2.75) is 18.1 Å². The van der Waals surface area contributed by atoms with Gasteiger partial charge in [0, 0.05) is 0 Å². The lowest BCUT2D eigenvalue weighted by molar-refractivity contribution is -0.291. The van der Waals surface area contributed by atoms with Gasteiger partial charge < -0.3 is 19.9 Å². The van der Waals surface area contributed by atoms with Crippen molar-refractivity contribution in [1.82, 2.24) is 0 Å². The topological polar surface area (TPSA) is 53.7 Å². The molecule has 0 aliphatic heterocycles. The van der Waals surface area contributed by atoms with Crippen LogP contribution in [0.25, 0.3) is 0 Å². The lowest BCUT2D eigenvalue weighted by Gasteiger charge is -2.26. The van der Waals surface area contributed by atoms with Gasteiger partial charge in [0.25, 0.3) is 0 Å². The lowest BCUT2D eigenvalue weighted by atomic mass is 10.00. The Labute approximate surface area is 129 Å². The molecule has 0 saturated heterocycles. The van der Waals surface area contributed by atoms with E-state index in [9.17, 15) is 22.0 Å². The largest absolute Gasteiger partial charge is 0.493 e. The fourth-order valence-corrected chi connectivity index (χ4v) is 1.67. The first-order valence-corrected chi connectivity index (χ1v) is 5.60. The van der Waals surface area contributed by atoms with E-state index < -0.39 is 23.7 Å². The number of alkyl halides is 5. The number of methoxy groups -OCH3 is 3. The molecule has 128 valence electrons. The average Bonchev–Trinajstić information content (AvgIpc) is 2.43. The zero-order chi connectivity index (χ0) is 16.4. The minimum atomic E-state index is -5.77. The van der Waals surface area contributed by atoms with Crippen LogP contribution in [0.1, 0.15) is 11.6 Å². The second-order valence-electron chi connectivity index (χ2n) is 4.06. The molecule has 0 bridgehead atoms. The van der Waals surface area contributed by atoms with Crippen molar-refractivity contribution in [2.75, 3.05) is 21.3 Å². The maximum Gasteiger partial charge on any atom is 0.455 e. The average molecular weight is 352 g/mol. The van der Waals surface area contributed by atoms with Gasteiger partial charge in [-0.15, -0.1) is 12.4 Å². The van der Waals surface area contributed by atoms with Crippen LogP contribution in [-0.4, -0.2) is 33.4 Å². The molecule has 0 aromatic heterocycles. The molecule has 1 atom stereocenters. The van der Waals surface area contributed by atoms with Crippen molar-refractivity contribution in [2.24, 2.45) is 5.73 Å². The quantitative estimate of drug-likeness (QED) is 0.827. The third kappa shape index (κ3) is 3.64. The number of ether oxygens (including phenoxy) is 3. The van der Waals surface area contributed by atoms with Crippen LogP contribution >= 0.6 is 12.4 Å². The highest BCUT2D eigenvalue weighted by molar-refractivity contribution is 5.85. The number of hydrogen-bond donors (Lipinski definition) is 1. The van der Waals surface area contributed by atoms with Crippen molar-refractivity contribution in [3.63, 3.8) is 0 Å². The summed E-state index contributed by atoms with van der Waals surface area (Å²) in [6, 6.07) is -0.705. The Bertz CT molecular complexity index is 485. The van der Waals surface area contributed by atoms with Crippen molar-refractivity contribution in [3.8, 4) is 17.2 Å². The standard InChI is InChI=1S/C12H14F5NO3.ClH/c1-19-7-4-6(5-8(20-2)9(7)21-3)10(18)11(13,14)12(15,16)17;/h4-5,10H,18H2,1-3H3;1H/t10-;/m1./s1. The fourth-order valence-electron chi connectivity index (χ4n) is 1.67. The van der Waals surface area contributed by atoms with E-state index in [0.29, 0.717) is 0 Å². The first-order valence-electron chi connectivity index (χ1n) is 5.60. The number of nitrogens with two attached hydrogens (primary N) is 1. The van der Waals surface area contributed by atoms with Gasteiger partial charge in [0.05, 0.1) is 21.3 Å². The van der Waals surface area contributed by atoms with E-state index in [1.807, 2.05) is 0 Å². The molecule has 0 fully saturated rings. The van der Waals surface area contributed by atoms with E-state index in [2.05, 4.69) is 0 Å². The van der Waals surface area contributed by atoms with Gasteiger partial charge in [0.2, 0.25) is 5.75 Å². The van der Waals surface area contributed by atoms with Crippen LogP contribution in [0.15, 0.2) is 12.1 Å². The van der Waals surface area contributed by atoms with Crippen LogP contribution in [0.4, 0.5) is 22.0 Å². The van der Waals surface area contributed by atoms with Crippen molar-refractivity contribution in [1.29, 1.82) is 0 Å². The molecular formula is C12H15ClF5NO3. The van der Waals surface area contributed by atoms with Gasteiger partial charge >= 0.3 is 12.1 Å². The summed E-state index contributed by atoms with van der Waals surface area (Å²) in [4.78, 5) is 0. The van der Waals surface area contributed by atoms with E-state index in [4.69, 9.17) is 19.9 Å². The summed E-state index contributed by atoms with van der Waals surface area (Å²) in [7, 11) is 3.67. The van der Waals surface area contributed by atoms with Gasteiger partial charge in [-0.2, -0.15) is 22.0 Å². The lowest BCUT2D eigenvalue weighted by Crippen LogP contribution is -2.45. The van der Waals surface area contributed by atoms with Crippen LogP contribution in [0.2, 0.25) is 0 Å². The molecule has 4 nitrogen and oxygen atoms in total. The molecule has 0 heterocycles. The zero-order valence-electron chi connectivity index (χ0n) is 11.8. The highest BCUT2D eigenvalue weighted by Crippen LogP contribution is 2.46. The normalized spacial score (nSPS) is 13.1. The Morgan fingerprint density at radius 2 is 1.32 bits per heavy atom. The second-order valence-corrected chi connectivity index (χ2v) is 4.06. The summed E-state index contributed by atoms with van der Waals surface area (Å²) in [5.74, 6) is -5.18. The Balaban J connectivity index is 0.00000441. The first kappa shape index (κ1) is 20.5. The van der Waals surface area contributed by atoms with Crippen molar-refractivity contribution < 1.29 is 36.2 Å². The predicted molar refractivity (Wildman–Crippen MR) is 71.3 cm³/mol. The fraction of sp³-hybridized carbons (Fsp3) is 0.500. The minimum absolute atomic E-state index is 0. The van der Waals surface area contributed by atoms with E-state index in [1.54, 1.807) is 0 Å². The predicted octanol–water partition coefficient (Wildman–Crippen LogP) is 3.33. The molecule has 0 saturated carbocycles. The summed E-state index contributed by atoms with van der Waals surface area (Å²) in [6.07, 6.45) is -5.77. The molecule has 0 radical (unpaired) electrons. The highest BCUT2D eigenvalue weighted by atomic mass is 35.5. The zero-order valence-corrected chi connectivity index (χ0v) is 12.6. The van der Waals surface area contributed by atoms with Gasteiger partial charge in [0.15, 0.2) is 11.5 Å². The van der Waals surface area contributed by atoms with E-state index >= 15 is 0 Å². The SMILES string of the molecule is COc1cc([C@@H](N)C(F)(F)C(F)(F)F)cc(OC)c1OC.Cl. The van der Waals surface area contributed by atoms with Crippen LogP contribution in [0.5, 0.6) is 17.2 Å². The molecule has 0 aliphatic carbocycles. The maximum absolute atomic E-state index is 13.3. The number of rotatable bonds is 5. The van der Waals surface area contributed by atoms with E-state index in [0.717, 1.165) is 12.1 Å². The number of halogens is 6. The van der Waals surface area contributed by atoms with Crippen molar-refractivity contribution in [3.05, 3.63) is 17.7 Å². The highest BCUT2D eigenvalue weighted by Gasteiger charge is 2.61. The molecule has 0 unspecified atom stereocenters. The third-order valence-electron chi connectivity index (χ3n) is 2.81. The summed E-state index contributed by atoms with van der Waals surface area (Å²) < 4.78 is 78.4. The number of benzene rings is 1. The number of hydrogen-bond acceptors (Lipinski definition) is 4. The molecule has 0 spiro atoms. The van der Waals surface area contributed by atoms with Gasteiger partial charge in [-0.1, -0.05) is 0 Å². The Hall–Kier alpha value is -1.48. The second kappa shape index (κ2) is 7.19. The van der Waals surface area contributed by atoms with Gasteiger partial charge in [0.1, 0.15) is 6.04 Å². The Morgan fingerprint density at radius 3 is 1.59 bits per heavy atom. The Morgan fingerprint density at radius 1 is 0.909 bits per heavy atom. The van der Waals surface area contributed by atoms with Gasteiger partial charge in [-0.3, -0.25) is 0 Å². The molecule has 10 heteroatoms. The van der Waals surface area contributed by atoms with Crippen molar-refractivity contribution >= 4 is 12.4 Å². The van der Waals surface area contributed by atoms with Crippen LogP contribution in [0, 0.1) is 0 Å². The summed E-state index contributed by atoms with van der Waals surface area (Å²) in [5, 5.41) is 0. The van der Waals surface area contributed by atoms with E-state index in [-0.39, 0.29) is 29.7 Å². The molecule has 1 aromatic carbocycles. The third-order valence-corrected chi connectivity index (χ3v) is 2.81. The van der Waals surface area contributed by atoms with Crippen LogP contribution in [0.3, 0.4) is 0 Å². The summed E-state index contributed by atoms with van der Waals surface area (Å²) in [5.41, 5.74) is 4.58. The summed E-state index contributed by atoms with van der Waals surface area (Å²) in [6.45, 7) is 0.